The molecule has 11 nitrogen and oxygen atoms in total. The lowest BCUT2D eigenvalue weighted by Crippen LogP contribution is -2.33. The maximum Gasteiger partial charge on any atom is 0.272 e. The molecule has 0 saturated carbocycles. The molecule has 0 N–H and O–H groups in total. The maximum absolute atomic E-state index is 13.5. The van der Waals surface area contributed by atoms with E-state index < -0.39 is 22.0 Å². The molecule has 4 rings (SSSR count). The molecule has 41 heavy (non-hydrogen) atoms. The first-order valence-electron chi connectivity index (χ1n) is 13.3. The maximum atomic E-state index is 13.5. The van der Waals surface area contributed by atoms with Crippen molar-refractivity contribution in [1.29, 1.82) is 0 Å². The molecule has 1 aliphatic rings. The number of hydrogen-bond acceptors (Lipinski definition) is 10. The lowest BCUT2D eigenvalue weighted by Gasteiger charge is -2.26. The number of para-hydroxylation sites is 1. The summed E-state index contributed by atoms with van der Waals surface area (Å²) < 4.78 is 56.7. The van der Waals surface area contributed by atoms with E-state index in [1.54, 1.807) is 31.4 Å². The summed E-state index contributed by atoms with van der Waals surface area (Å²) in [7, 11) is -0.760. The molecule has 3 atom stereocenters. The monoisotopic (exact) mass is 584 g/mol. The van der Waals surface area contributed by atoms with Crippen LogP contribution >= 0.6 is 0 Å². The first kappa shape index (κ1) is 30.5. The van der Waals surface area contributed by atoms with Crippen molar-refractivity contribution in [3.05, 3.63) is 84.0 Å². The summed E-state index contributed by atoms with van der Waals surface area (Å²) in [5, 5.41) is 11.1. The van der Waals surface area contributed by atoms with Gasteiger partial charge in [-0.1, -0.05) is 59.2 Å². The second kappa shape index (κ2) is 15.0. The van der Waals surface area contributed by atoms with Crippen LogP contribution in [0.5, 0.6) is 5.75 Å². The first-order chi connectivity index (χ1) is 19.9. The molecule has 0 bridgehead atoms. The fraction of sp³-hybridized carbons (Fsp3) is 0.414. The number of ether oxygens (including phenoxy) is 5. The van der Waals surface area contributed by atoms with Gasteiger partial charge in [-0.25, -0.2) is 8.42 Å². The van der Waals surface area contributed by atoms with Gasteiger partial charge in [0.1, 0.15) is 18.6 Å². The Morgan fingerprint density at radius 2 is 1.88 bits per heavy atom. The molecule has 0 fully saturated rings. The second-order valence-corrected chi connectivity index (χ2v) is 11.6. The van der Waals surface area contributed by atoms with Crippen molar-refractivity contribution >= 4 is 9.84 Å². The molecule has 0 radical (unpaired) electrons. The lowest BCUT2D eigenvalue weighted by atomic mass is 10.0. The summed E-state index contributed by atoms with van der Waals surface area (Å²) in [6.07, 6.45) is 5.37. The topological polar surface area (TPSA) is 124 Å². The van der Waals surface area contributed by atoms with E-state index in [0.29, 0.717) is 12.3 Å². The van der Waals surface area contributed by atoms with Crippen molar-refractivity contribution in [2.24, 2.45) is 0 Å². The van der Waals surface area contributed by atoms with E-state index in [2.05, 4.69) is 28.5 Å². The number of methoxy groups -OCH3 is 2. The highest BCUT2D eigenvalue weighted by Gasteiger charge is 2.29. The molecule has 0 unspecified atom stereocenters. The van der Waals surface area contributed by atoms with E-state index in [0.717, 1.165) is 17.7 Å². The minimum Gasteiger partial charge on any atom is -0.497 e. The summed E-state index contributed by atoms with van der Waals surface area (Å²) >= 11 is 0. The van der Waals surface area contributed by atoms with Gasteiger partial charge in [-0.3, -0.25) is 0 Å². The van der Waals surface area contributed by atoms with Crippen LogP contribution in [0.2, 0.25) is 0 Å². The van der Waals surface area contributed by atoms with Gasteiger partial charge in [0.2, 0.25) is 9.84 Å². The first-order valence-corrected chi connectivity index (χ1v) is 14.9. The fourth-order valence-corrected chi connectivity index (χ4v) is 5.59. The van der Waals surface area contributed by atoms with Crippen molar-refractivity contribution in [1.82, 2.24) is 20.2 Å². The molecule has 220 valence electrons. The van der Waals surface area contributed by atoms with Crippen molar-refractivity contribution in [2.75, 3.05) is 33.4 Å². The largest absolute Gasteiger partial charge is 0.497 e. The molecular formula is C29H36N4O7S. The van der Waals surface area contributed by atoms with Crippen LogP contribution < -0.4 is 4.74 Å². The molecule has 1 aliphatic heterocycles. The molecule has 0 aliphatic carbocycles. The highest BCUT2D eigenvalue weighted by Crippen LogP contribution is 2.21. The second-order valence-electron chi connectivity index (χ2n) is 9.56. The Morgan fingerprint density at radius 1 is 1.10 bits per heavy atom. The highest BCUT2D eigenvalue weighted by molar-refractivity contribution is 7.91. The van der Waals surface area contributed by atoms with Gasteiger partial charge in [0.25, 0.3) is 5.16 Å². The Hall–Kier alpha value is -3.42. The number of sulfone groups is 1. The number of rotatable bonds is 15. The third-order valence-electron chi connectivity index (χ3n) is 6.54. The number of aromatic nitrogens is 4. The van der Waals surface area contributed by atoms with Crippen LogP contribution in [-0.4, -0.2) is 80.3 Å². The van der Waals surface area contributed by atoms with E-state index in [9.17, 15) is 8.42 Å². The van der Waals surface area contributed by atoms with Crippen LogP contribution in [0.4, 0.5) is 0 Å². The molecular weight excluding hydrogens is 548 g/mol. The Kier molecular flexibility index (Phi) is 11.2. The van der Waals surface area contributed by atoms with Gasteiger partial charge in [-0.2, -0.15) is 4.68 Å². The minimum absolute atomic E-state index is 0.000853. The normalized spacial score (nSPS) is 17.3. The van der Waals surface area contributed by atoms with Crippen LogP contribution in [-0.2, 0) is 35.4 Å². The van der Waals surface area contributed by atoms with E-state index in [-0.39, 0.29) is 36.8 Å². The summed E-state index contributed by atoms with van der Waals surface area (Å²) in [6, 6.07) is 16.4. The predicted octanol–water partition coefficient (Wildman–Crippen LogP) is 3.70. The molecule has 2 heterocycles. The van der Waals surface area contributed by atoms with Gasteiger partial charge in [-0.05, 0) is 60.0 Å². The molecule has 2 aromatic carbocycles. The summed E-state index contributed by atoms with van der Waals surface area (Å²) in [5.74, 6) is 0.462. The van der Waals surface area contributed by atoms with E-state index >= 15 is 0 Å². The van der Waals surface area contributed by atoms with Crippen LogP contribution in [0, 0.1) is 0 Å². The number of benzene rings is 2. The van der Waals surface area contributed by atoms with Crippen LogP contribution in [0.3, 0.4) is 0 Å². The van der Waals surface area contributed by atoms with E-state index in [4.69, 9.17) is 23.7 Å². The van der Waals surface area contributed by atoms with Gasteiger partial charge in [0, 0.05) is 7.11 Å². The summed E-state index contributed by atoms with van der Waals surface area (Å²) in [4.78, 5) is 0. The van der Waals surface area contributed by atoms with Crippen LogP contribution in [0.15, 0.2) is 83.6 Å². The van der Waals surface area contributed by atoms with Gasteiger partial charge in [0.15, 0.2) is 0 Å². The Bertz CT molecular complexity index is 1390. The van der Waals surface area contributed by atoms with Gasteiger partial charge >= 0.3 is 0 Å². The van der Waals surface area contributed by atoms with Crippen molar-refractivity contribution in [3.63, 3.8) is 0 Å². The number of hydrogen-bond donors (Lipinski definition) is 0. The van der Waals surface area contributed by atoms with Crippen molar-refractivity contribution < 1.29 is 32.1 Å². The average molecular weight is 585 g/mol. The molecule has 0 saturated heterocycles. The third-order valence-corrected chi connectivity index (χ3v) is 8.12. The van der Waals surface area contributed by atoms with Gasteiger partial charge in [-0.15, -0.1) is 0 Å². The van der Waals surface area contributed by atoms with Gasteiger partial charge in [0.05, 0.1) is 44.0 Å². The zero-order valence-electron chi connectivity index (χ0n) is 23.5. The predicted molar refractivity (Wildman–Crippen MR) is 151 cm³/mol. The summed E-state index contributed by atoms with van der Waals surface area (Å²) in [5.41, 5.74) is 2.69. The van der Waals surface area contributed by atoms with Gasteiger partial charge < -0.3 is 23.7 Å². The molecule has 1 aromatic heterocycles. The molecule has 3 aromatic rings. The van der Waals surface area contributed by atoms with Crippen LogP contribution in [0.1, 0.15) is 25.3 Å². The standard InChI is InChI=1S/C29H36N4O7S/c1-22-15-17-38-26(19-22)13-14-27(40-21-36-2)28(39-20-23-9-11-25(37-3)12-10-23)16-18-41(34,35)29-30-31-32-33(29)24-7-5-4-6-8-24/h4-15,26-28H,16-21H2,1-3H3/b14-13+/t26-,27+,28+/m1/s1. The number of nitrogens with zero attached hydrogens (tertiary/aromatic N) is 4. The summed E-state index contributed by atoms with van der Waals surface area (Å²) in [6.45, 7) is 2.84. The average Bonchev–Trinajstić information content (AvgIpc) is 3.50. The molecule has 12 heteroatoms. The third kappa shape index (κ3) is 8.78. The highest BCUT2D eigenvalue weighted by atomic mass is 32.2. The zero-order chi connectivity index (χ0) is 29.1. The lowest BCUT2D eigenvalue weighted by molar-refractivity contribution is -0.114. The quantitative estimate of drug-likeness (QED) is 0.193. The zero-order valence-corrected chi connectivity index (χ0v) is 24.3. The van der Waals surface area contributed by atoms with Crippen LogP contribution in [0.25, 0.3) is 5.69 Å². The van der Waals surface area contributed by atoms with Crippen molar-refractivity contribution in [2.45, 2.75) is 49.8 Å². The van der Waals surface area contributed by atoms with E-state index in [1.165, 1.54) is 17.4 Å². The smallest absolute Gasteiger partial charge is 0.272 e. The Labute approximate surface area is 240 Å². The molecule has 0 spiro atoms. The SMILES string of the molecule is COCO[C@@H](/C=C/[C@@H]1CC(C)=CCO1)[C@H](CCS(=O)(=O)c1nnnn1-c1ccccc1)OCc1ccc(OC)cc1. The minimum atomic E-state index is -3.89. The van der Waals surface area contributed by atoms with Crippen molar-refractivity contribution in [3.8, 4) is 11.4 Å². The number of tetrazole rings is 1. The Morgan fingerprint density at radius 3 is 2.59 bits per heavy atom. The fourth-order valence-electron chi connectivity index (χ4n) is 4.30. The Balaban J connectivity index is 1.55. The van der Waals surface area contributed by atoms with E-state index in [1.807, 2.05) is 42.5 Å². The molecule has 0 amide bonds.